The summed E-state index contributed by atoms with van der Waals surface area (Å²) in [4.78, 5) is 0. The summed E-state index contributed by atoms with van der Waals surface area (Å²) in [6.45, 7) is -0.173. The Labute approximate surface area is 143 Å². The predicted molar refractivity (Wildman–Crippen MR) is 91.7 cm³/mol. The normalized spacial score (nSPS) is 31.1. The molecule has 0 nitrogen and oxygen atoms in total. The number of alkyl halides is 1. The standard InChI is InChI=1S/C21H29F3/c22-13-1-2-15-3-5-16(6-4-15)17-7-9-18(10-8-17)19-11-12-20(23)21(24)14-19/h11-12,14-18H,1-10,13H2. The van der Waals surface area contributed by atoms with Gasteiger partial charge in [0, 0.05) is 0 Å². The number of hydrogen-bond acceptors (Lipinski definition) is 0. The Hall–Kier alpha value is -0.990. The SMILES string of the molecule is FCCCC1CCC(C2CCC(c3ccc(F)c(F)c3)CC2)CC1. The molecule has 1 aromatic rings. The van der Waals surface area contributed by atoms with Crippen LogP contribution in [0, 0.1) is 29.4 Å². The van der Waals surface area contributed by atoms with Gasteiger partial charge in [0.1, 0.15) is 0 Å². The third kappa shape index (κ3) is 4.34. The molecule has 2 aliphatic carbocycles. The molecule has 0 unspecified atom stereocenters. The van der Waals surface area contributed by atoms with Crippen LogP contribution in [0.2, 0.25) is 0 Å². The van der Waals surface area contributed by atoms with Crippen LogP contribution in [0.3, 0.4) is 0 Å². The molecule has 2 fully saturated rings. The van der Waals surface area contributed by atoms with E-state index in [1.54, 1.807) is 6.07 Å². The Morgan fingerprint density at radius 3 is 2.00 bits per heavy atom. The quantitative estimate of drug-likeness (QED) is 0.554. The summed E-state index contributed by atoms with van der Waals surface area (Å²) in [5.41, 5.74) is 0.960. The monoisotopic (exact) mass is 338 g/mol. The van der Waals surface area contributed by atoms with Crippen LogP contribution in [-0.2, 0) is 0 Å². The zero-order chi connectivity index (χ0) is 16.9. The van der Waals surface area contributed by atoms with Crippen LogP contribution in [0.1, 0.15) is 75.7 Å². The first-order valence-corrected chi connectivity index (χ1v) is 9.68. The lowest BCUT2D eigenvalue weighted by Gasteiger charge is -2.38. The van der Waals surface area contributed by atoms with E-state index < -0.39 is 11.6 Å². The van der Waals surface area contributed by atoms with Crippen molar-refractivity contribution in [3.8, 4) is 0 Å². The zero-order valence-corrected chi connectivity index (χ0v) is 14.5. The Bertz CT molecular complexity index is 512. The number of hydrogen-bond donors (Lipinski definition) is 0. The van der Waals surface area contributed by atoms with Gasteiger partial charge in [0.15, 0.2) is 11.6 Å². The minimum Gasteiger partial charge on any atom is -0.251 e. The van der Waals surface area contributed by atoms with Gasteiger partial charge in [-0.15, -0.1) is 0 Å². The van der Waals surface area contributed by atoms with Crippen molar-refractivity contribution >= 4 is 0 Å². The molecule has 0 atom stereocenters. The fraction of sp³-hybridized carbons (Fsp3) is 0.714. The van der Waals surface area contributed by atoms with Crippen molar-refractivity contribution in [2.45, 2.75) is 70.1 Å². The third-order valence-electron chi connectivity index (χ3n) is 6.49. The highest BCUT2D eigenvalue weighted by Gasteiger charge is 2.31. The highest BCUT2D eigenvalue weighted by Crippen LogP contribution is 2.44. The van der Waals surface area contributed by atoms with Gasteiger partial charge in [-0.25, -0.2) is 8.78 Å². The Morgan fingerprint density at radius 2 is 1.42 bits per heavy atom. The van der Waals surface area contributed by atoms with Crippen LogP contribution < -0.4 is 0 Å². The van der Waals surface area contributed by atoms with E-state index >= 15 is 0 Å². The zero-order valence-electron chi connectivity index (χ0n) is 14.5. The summed E-state index contributed by atoms with van der Waals surface area (Å²) < 4.78 is 38.8. The van der Waals surface area contributed by atoms with Gasteiger partial charge in [-0.2, -0.15) is 0 Å². The fourth-order valence-corrected chi connectivity index (χ4v) is 5.00. The molecule has 0 spiro atoms. The molecule has 3 rings (SSSR count). The van der Waals surface area contributed by atoms with Gasteiger partial charge in [-0.1, -0.05) is 18.9 Å². The molecule has 24 heavy (non-hydrogen) atoms. The second-order valence-corrected chi connectivity index (χ2v) is 7.90. The largest absolute Gasteiger partial charge is 0.251 e. The smallest absolute Gasteiger partial charge is 0.159 e. The van der Waals surface area contributed by atoms with Crippen LogP contribution >= 0.6 is 0 Å². The maximum atomic E-state index is 13.4. The second kappa shape index (κ2) is 8.40. The topological polar surface area (TPSA) is 0 Å². The second-order valence-electron chi connectivity index (χ2n) is 7.90. The van der Waals surface area contributed by atoms with E-state index in [0.29, 0.717) is 5.92 Å². The maximum Gasteiger partial charge on any atom is 0.159 e. The van der Waals surface area contributed by atoms with Crippen molar-refractivity contribution in [2.24, 2.45) is 17.8 Å². The van der Waals surface area contributed by atoms with Crippen LogP contribution in [0.25, 0.3) is 0 Å². The lowest BCUT2D eigenvalue weighted by molar-refractivity contribution is 0.155. The molecule has 0 radical (unpaired) electrons. The first-order chi connectivity index (χ1) is 11.7. The van der Waals surface area contributed by atoms with Gasteiger partial charge in [0.2, 0.25) is 0 Å². The third-order valence-corrected chi connectivity index (χ3v) is 6.49. The molecule has 0 N–H and O–H groups in total. The first-order valence-electron chi connectivity index (χ1n) is 9.68. The Kier molecular flexibility index (Phi) is 6.24. The van der Waals surface area contributed by atoms with E-state index in [-0.39, 0.29) is 6.67 Å². The number of halogens is 3. The van der Waals surface area contributed by atoms with Gasteiger partial charge in [-0.05, 0) is 92.7 Å². The van der Waals surface area contributed by atoms with Gasteiger partial charge < -0.3 is 0 Å². The first kappa shape index (κ1) is 17.8. The Balaban J connectivity index is 1.46. The highest BCUT2D eigenvalue weighted by atomic mass is 19.2. The van der Waals surface area contributed by atoms with Crippen LogP contribution in [-0.4, -0.2) is 6.67 Å². The minimum atomic E-state index is -0.753. The van der Waals surface area contributed by atoms with E-state index in [0.717, 1.165) is 49.0 Å². The summed E-state index contributed by atoms with van der Waals surface area (Å²) in [5.74, 6) is 1.29. The summed E-state index contributed by atoms with van der Waals surface area (Å²) in [6.07, 6.45) is 11.6. The highest BCUT2D eigenvalue weighted by molar-refractivity contribution is 5.22. The summed E-state index contributed by atoms with van der Waals surface area (Å²) in [5, 5.41) is 0. The molecular weight excluding hydrogens is 309 g/mol. The van der Waals surface area contributed by atoms with Crippen LogP contribution in [0.5, 0.6) is 0 Å². The van der Waals surface area contributed by atoms with Gasteiger partial charge in [0.25, 0.3) is 0 Å². The van der Waals surface area contributed by atoms with Gasteiger partial charge in [-0.3, -0.25) is 4.39 Å². The number of benzene rings is 1. The van der Waals surface area contributed by atoms with Crippen molar-refractivity contribution in [3.05, 3.63) is 35.4 Å². The maximum absolute atomic E-state index is 13.4. The molecule has 0 aliphatic heterocycles. The van der Waals surface area contributed by atoms with Crippen molar-refractivity contribution in [3.63, 3.8) is 0 Å². The van der Waals surface area contributed by atoms with Gasteiger partial charge in [0.05, 0.1) is 6.67 Å². The molecule has 0 bridgehead atoms. The van der Waals surface area contributed by atoms with Crippen LogP contribution in [0.15, 0.2) is 18.2 Å². The molecule has 0 heterocycles. The average Bonchev–Trinajstić information content (AvgIpc) is 2.63. The summed E-state index contributed by atoms with van der Waals surface area (Å²) >= 11 is 0. The van der Waals surface area contributed by atoms with E-state index in [1.165, 1.54) is 50.7 Å². The van der Waals surface area contributed by atoms with E-state index in [4.69, 9.17) is 0 Å². The minimum absolute atomic E-state index is 0.173. The molecule has 2 aliphatic rings. The van der Waals surface area contributed by atoms with Crippen molar-refractivity contribution in [2.75, 3.05) is 6.67 Å². The van der Waals surface area contributed by atoms with E-state index in [9.17, 15) is 13.2 Å². The molecule has 134 valence electrons. The summed E-state index contributed by atoms with van der Waals surface area (Å²) in [7, 11) is 0. The fourth-order valence-electron chi connectivity index (χ4n) is 5.00. The average molecular weight is 338 g/mol. The molecule has 0 aromatic heterocycles. The van der Waals surface area contributed by atoms with E-state index in [2.05, 4.69) is 0 Å². The molecule has 0 amide bonds. The van der Waals surface area contributed by atoms with Crippen LogP contribution in [0.4, 0.5) is 13.2 Å². The molecule has 3 heteroatoms. The molecule has 2 saturated carbocycles. The van der Waals surface area contributed by atoms with E-state index in [1.807, 2.05) is 0 Å². The summed E-state index contributed by atoms with van der Waals surface area (Å²) in [6, 6.07) is 4.39. The van der Waals surface area contributed by atoms with Crippen molar-refractivity contribution in [1.29, 1.82) is 0 Å². The lowest BCUT2D eigenvalue weighted by atomic mass is 9.68. The predicted octanol–water partition coefficient (Wildman–Crippen LogP) is 6.79. The number of rotatable bonds is 5. The van der Waals surface area contributed by atoms with Gasteiger partial charge >= 0.3 is 0 Å². The van der Waals surface area contributed by atoms with Crippen molar-refractivity contribution < 1.29 is 13.2 Å². The Morgan fingerprint density at radius 1 is 0.792 bits per heavy atom. The molecule has 1 aromatic carbocycles. The molecule has 0 saturated heterocycles. The lowest BCUT2D eigenvalue weighted by Crippen LogP contribution is -2.25. The van der Waals surface area contributed by atoms with Crippen molar-refractivity contribution in [1.82, 2.24) is 0 Å². The molecular formula is C21H29F3.